The molecule has 0 aliphatic rings. The molecule has 0 bridgehead atoms. The van der Waals surface area contributed by atoms with Crippen molar-refractivity contribution in [2.24, 2.45) is 0 Å². The number of hydrogen-bond donors (Lipinski definition) is 0. The van der Waals surface area contributed by atoms with E-state index in [1.54, 1.807) is 14.2 Å². The van der Waals surface area contributed by atoms with Gasteiger partial charge in [0.15, 0.2) is 0 Å². The lowest BCUT2D eigenvalue weighted by Crippen LogP contribution is -1.97. The lowest BCUT2D eigenvalue weighted by atomic mass is 10.00. The van der Waals surface area contributed by atoms with Crippen molar-refractivity contribution in [3.05, 3.63) is 59.2 Å². The van der Waals surface area contributed by atoms with E-state index in [9.17, 15) is 0 Å². The molecule has 3 heteroatoms. The minimum atomic E-state index is 0.171. The molecule has 0 aliphatic heterocycles. The molecule has 0 N–H and O–H groups in total. The summed E-state index contributed by atoms with van der Waals surface area (Å²) in [6.45, 7) is 2.09. The largest absolute Gasteiger partial charge is 0.497 e. The summed E-state index contributed by atoms with van der Waals surface area (Å²) >= 11 is 3.76. The van der Waals surface area contributed by atoms with Crippen molar-refractivity contribution in [1.29, 1.82) is 0 Å². The van der Waals surface area contributed by atoms with Crippen molar-refractivity contribution in [2.45, 2.75) is 11.8 Å². The molecule has 0 radical (unpaired) electrons. The average Bonchev–Trinajstić information content (AvgIpc) is 2.46. The molecule has 2 rings (SSSR count). The Morgan fingerprint density at radius 2 is 1.47 bits per heavy atom. The number of halogens is 1. The Morgan fingerprint density at radius 1 is 0.895 bits per heavy atom. The van der Waals surface area contributed by atoms with Gasteiger partial charge in [-0.3, -0.25) is 0 Å². The second-order valence-corrected chi connectivity index (χ2v) is 5.27. The van der Waals surface area contributed by atoms with E-state index in [0.717, 1.165) is 11.5 Å². The second-order valence-electron chi connectivity index (χ2n) is 4.36. The van der Waals surface area contributed by atoms with Gasteiger partial charge < -0.3 is 9.47 Å². The van der Waals surface area contributed by atoms with Gasteiger partial charge in [0.2, 0.25) is 0 Å². The maximum atomic E-state index is 5.23. The predicted molar refractivity (Wildman–Crippen MR) is 81.5 cm³/mol. The van der Waals surface area contributed by atoms with Gasteiger partial charge in [-0.05, 0) is 47.9 Å². The fourth-order valence-corrected chi connectivity index (χ4v) is 2.83. The standard InChI is InChI=1S/C16H17BrO2/c1-11-10-14(19-3)8-9-15(11)16(17)12-4-6-13(18-2)7-5-12/h4-10,16H,1-3H3. The lowest BCUT2D eigenvalue weighted by molar-refractivity contribution is 0.414. The molecule has 2 aromatic rings. The summed E-state index contributed by atoms with van der Waals surface area (Å²) in [4.78, 5) is 0.171. The van der Waals surface area contributed by atoms with Crippen molar-refractivity contribution >= 4 is 15.9 Å². The first kappa shape index (κ1) is 13.9. The molecule has 0 aromatic heterocycles. The molecule has 2 nitrogen and oxygen atoms in total. The van der Waals surface area contributed by atoms with Gasteiger partial charge in [-0.15, -0.1) is 0 Å². The number of rotatable bonds is 4. The number of methoxy groups -OCH3 is 2. The number of benzene rings is 2. The van der Waals surface area contributed by atoms with Crippen LogP contribution in [0.1, 0.15) is 21.5 Å². The first-order valence-electron chi connectivity index (χ1n) is 6.08. The van der Waals surface area contributed by atoms with Crippen LogP contribution < -0.4 is 9.47 Å². The highest BCUT2D eigenvalue weighted by atomic mass is 79.9. The molecule has 0 amide bonds. The van der Waals surface area contributed by atoms with Crippen LogP contribution in [0, 0.1) is 6.92 Å². The zero-order valence-corrected chi connectivity index (χ0v) is 12.9. The fraction of sp³-hybridized carbons (Fsp3) is 0.250. The maximum Gasteiger partial charge on any atom is 0.119 e. The van der Waals surface area contributed by atoms with Gasteiger partial charge in [0.25, 0.3) is 0 Å². The van der Waals surface area contributed by atoms with Crippen LogP contribution in [0.5, 0.6) is 11.5 Å². The summed E-state index contributed by atoms with van der Waals surface area (Å²) in [5, 5.41) is 0. The van der Waals surface area contributed by atoms with Gasteiger partial charge in [-0.25, -0.2) is 0 Å². The van der Waals surface area contributed by atoms with Crippen LogP contribution in [0.3, 0.4) is 0 Å². The monoisotopic (exact) mass is 320 g/mol. The average molecular weight is 321 g/mol. The Bertz CT molecular complexity index is 549. The summed E-state index contributed by atoms with van der Waals surface area (Å²) in [5.74, 6) is 1.76. The van der Waals surface area contributed by atoms with Gasteiger partial charge in [-0.2, -0.15) is 0 Å². The molecule has 0 saturated heterocycles. The van der Waals surface area contributed by atoms with E-state index in [1.807, 2.05) is 24.3 Å². The number of alkyl halides is 1. The highest BCUT2D eigenvalue weighted by Crippen LogP contribution is 2.34. The third-order valence-electron chi connectivity index (χ3n) is 3.16. The van der Waals surface area contributed by atoms with Crippen molar-refractivity contribution < 1.29 is 9.47 Å². The van der Waals surface area contributed by atoms with Crippen LogP contribution in [-0.2, 0) is 0 Å². The van der Waals surface area contributed by atoms with E-state index >= 15 is 0 Å². The van der Waals surface area contributed by atoms with Crippen LogP contribution in [0.25, 0.3) is 0 Å². The SMILES string of the molecule is COc1ccc(C(Br)c2ccc(OC)cc2C)cc1. The Hall–Kier alpha value is -1.48. The highest BCUT2D eigenvalue weighted by molar-refractivity contribution is 9.09. The lowest BCUT2D eigenvalue weighted by Gasteiger charge is -2.15. The molecule has 0 fully saturated rings. The molecule has 0 spiro atoms. The summed E-state index contributed by atoms with van der Waals surface area (Å²) in [5.41, 5.74) is 3.65. The van der Waals surface area contributed by atoms with Crippen LogP contribution in [0.15, 0.2) is 42.5 Å². The van der Waals surface area contributed by atoms with Crippen LogP contribution in [-0.4, -0.2) is 14.2 Å². The van der Waals surface area contributed by atoms with E-state index in [1.165, 1.54) is 16.7 Å². The highest BCUT2D eigenvalue weighted by Gasteiger charge is 2.13. The molecular weight excluding hydrogens is 304 g/mol. The van der Waals surface area contributed by atoms with Crippen molar-refractivity contribution in [1.82, 2.24) is 0 Å². The topological polar surface area (TPSA) is 18.5 Å². The fourth-order valence-electron chi connectivity index (χ4n) is 2.01. The Morgan fingerprint density at radius 3 is 2.00 bits per heavy atom. The first-order valence-corrected chi connectivity index (χ1v) is 7.00. The molecule has 1 unspecified atom stereocenters. The van der Waals surface area contributed by atoms with Gasteiger partial charge >= 0.3 is 0 Å². The summed E-state index contributed by atoms with van der Waals surface area (Å²) in [7, 11) is 3.36. The zero-order valence-electron chi connectivity index (χ0n) is 11.3. The van der Waals surface area contributed by atoms with Gasteiger partial charge in [-0.1, -0.05) is 34.1 Å². The molecule has 0 heterocycles. The van der Waals surface area contributed by atoms with E-state index in [-0.39, 0.29) is 4.83 Å². The Kier molecular flexibility index (Phi) is 4.48. The molecule has 19 heavy (non-hydrogen) atoms. The van der Waals surface area contributed by atoms with Crippen molar-refractivity contribution in [3.8, 4) is 11.5 Å². The molecule has 100 valence electrons. The third-order valence-corrected chi connectivity index (χ3v) is 4.18. The number of aryl methyl sites for hydroxylation is 1. The second kappa shape index (κ2) is 6.11. The zero-order chi connectivity index (χ0) is 13.8. The minimum absolute atomic E-state index is 0.171. The number of hydrogen-bond acceptors (Lipinski definition) is 2. The molecule has 2 aromatic carbocycles. The molecule has 0 aliphatic carbocycles. The van der Waals surface area contributed by atoms with Gasteiger partial charge in [0.05, 0.1) is 19.0 Å². The summed E-state index contributed by atoms with van der Waals surface area (Å²) in [6.07, 6.45) is 0. The number of ether oxygens (including phenoxy) is 2. The Balaban J connectivity index is 2.29. The first-order chi connectivity index (χ1) is 9.15. The normalized spacial score (nSPS) is 12.0. The molecule has 0 saturated carbocycles. The quantitative estimate of drug-likeness (QED) is 0.772. The summed E-state index contributed by atoms with van der Waals surface area (Å²) < 4.78 is 10.4. The third kappa shape index (κ3) is 3.10. The summed E-state index contributed by atoms with van der Waals surface area (Å²) in [6, 6.07) is 14.2. The minimum Gasteiger partial charge on any atom is -0.497 e. The molecule has 1 atom stereocenters. The van der Waals surface area contributed by atoms with E-state index in [0.29, 0.717) is 0 Å². The van der Waals surface area contributed by atoms with Crippen molar-refractivity contribution in [2.75, 3.05) is 14.2 Å². The molecular formula is C16H17BrO2. The smallest absolute Gasteiger partial charge is 0.119 e. The van der Waals surface area contributed by atoms with Gasteiger partial charge in [0.1, 0.15) is 11.5 Å². The van der Waals surface area contributed by atoms with Gasteiger partial charge in [0, 0.05) is 0 Å². The van der Waals surface area contributed by atoms with E-state index in [4.69, 9.17) is 9.47 Å². The van der Waals surface area contributed by atoms with Crippen LogP contribution in [0.2, 0.25) is 0 Å². The van der Waals surface area contributed by atoms with Crippen molar-refractivity contribution in [3.63, 3.8) is 0 Å². The van der Waals surface area contributed by atoms with E-state index < -0.39 is 0 Å². The predicted octanol–water partition coefficient (Wildman–Crippen LogP) is 4.50. The van der Waals surface area contributed by atoms with E-state index in [2.05, 4.69) is 41.1 Å². The van der Waals surface area contributed by atoms with Crippen LogP contribution >= 0.6 is 15.9 Å². The van der Waals surface area contributed by atoms with Crippen LogP contribution in [0.4, 0.5) is 0 Å². The Labute approximate surface area is 122 Å². The maximum absolute atomic E-state index is 5.23.